The Morgan fingerprint density at radius 3 is 2.48 bits per heavy atom. The van der Waals surface area contributed by atoms with Gasteiger partial charge in [0.1, 0.15) is 11.5 Å². The monoisotopic (exact) mass is 446 g/mol. The van der Waals surface area contributed by atoms with Crippen LogP contribution in [0.25, 0.3) is 0 Å². The lowest BCUT2D eigenvalue weighted by molar-refractivity contribution is -0.126. The van der Waals surface area contributed by atoms with Crippen molar-refractivity contribution in [3.63, 3.8) is 0 Å². The zero-order chi connectivity index (χ0) is 22.6. The first-order valence-corrected chi connectivity index (χ1v) is 11.8. The summed E-state index contributed by atoms with van der Waals surface area (Å²) in [7, 11) is -0.467. The molecule has 3 rings (SSSR count). The number of benzene rings is 2. The van der Waals surface area contributed by atoms with Gasteiger partial charge in [-0.2, -0.15) is 4.31 Å². The Morgan fingerprint density at radius 2 is 1.84 bits per heavy atom. The van der Waals surface area contributed by atoms with E-state index >= 15 is 0 Å². The van der Waals surface area contributed by atoms with E-state index in [0.29, 0.717) is 30.9 Å². The molecule has 0 unspecified atom stereocenters. The third-order valence-electron chi connectivity index (χ3n) is 5.68. The Balaban J connectivity index is 1.72. The van der Waals surface area contributed by atoms with Crippen molar-refractivity contribution in [2.24, 2.45) is 5.92 Å². The van der Waals surface area contributed by atoms with Crippen LogP contribution in [0.5, 0.6) is 11.5 Å². The van der Waals surface area contributed by atoms with Gasteiger partial charge in [0.05, 0.1) is 31.1 Å². The van der Waals surface area contributed by atoms with E-state index in [4.69, 9.17) is 9.47 Å². The van der Waals surface area contributed by atoms with Crippen LogP contribution < -0.4 is 14.8 Å². The van der Waals surface area contributed by atoms with E-state index in [1.165, 1.54) is 4.31 Å². The average molecular weight is 447 g/mol. The number of amides is 1. The highest BCUT2D eigenvalue weighted by Gasteiger charge is 2.34. The number of hydrogen-bond donors (Lipinski definition) is 1. The first kappa shape index (κ1) is 23.1. The Labute approximate surface area is 184 Å². The second-order valence-electron chi connectivity index (χ2n) is 7.85. The van der Waals surface area contributed by atoms with E-state index in [9.17, 15) is 13.2 Å². The SMILES string of the molecule is COc1ccc(OC)c([C@H](C)NC(=O)[C@H]2CCCN(S(=O)(=O)c3ccc(C)cc3)C2)c1. The molecule has 31 heavy (non-hydrogen) atoms. The number of rotatable bonds is 7. The number of aryl methyl sites for hydroxylation is 1. The molecule has 0 saturated carbocycles. The van der Waals surface area contributed by atoms with Gasteiger partial charge in [-0.05, 0) is 57.0 Å². The van der Waals surface area contributed by atoms with E-state index in [1.54, 1.807) is 50.6 Å². The number of ether oxygens (including phenoxy) is 2. The molecule has 0 aromatic heterocycles. The third-order valence-corrected chi connectivity index (χ3v) is 7.56. The summed E-state index contributed by atoms with van der Waals surface area (Å²) in [6.45, 7) is 4.37. The van der Waals surface area contributed by atoms with E-state index in [-0.39, 0.29) is 23.4 Å². The third kappa shape index (κ3) is 5.19. The van der Waals surface area contributed by atoms with E-state index in [0.717, 1.165) is 11.1 Å². The molecule has 2 aromatic carbocycles. The van der Waals surface area contributed by atoms with Crippen LogP contribution in [0, 0.1) is 12.8 Å². The Hall–Kier alpha value is -2.58. The zero-order valence-electron chi connectivity index (χ0n) is 18.4. The van der Waals surface area contributed by atoms with Gasteiger partial charge in [0, 0.05) is 18.7 Å². The summed E-state index contributed by atoms with van der Waals surface area (Å²) >= 11 is 0. The number of carbonyl (C=O) groups is 1. The predicted octanol–water partition coefficient (Wildman–Crippen LogP) is 3.29. The number of piperidine rings is 1. The molecule has 2 aromatic rings. The fourth-order valence-electron chi connectivity index (χ4n) is 3.82. The molecule has 1 aliphatic heterocycles. The van der Waals surface area contributed by atoms with Gasteiger partial charge in [-0.1, -0.05) is 17.7 Å². The molecule has 1 fully saturated rings. The van der Waals surface area contributed by atoms with Gasteiger partial charge in [0.15, 0.2) is 0 Å². The van der Waals surface area contributed by atoms with E-state index in [2.05, 4.69) is 5.32 Å². The van der Waals surface area contributed by atoms with Crippen LogP contribution in [0.2, 0.25) is 0 Å². The van der Waals surface area contributed by atoms with Crippen LogP contribution >= 0.6 is 0 Å². The van der Waals surface area contributed by atoms with Crippen LogP contribution in [-0.2, 0) is 14.8 Å². The zero-order valence-corrected chi connectivity index (χ0v) is 19.2. The van der Waals surface area contributed by atoms with Crippen LogP contribution in [0.3, 0.4) is 0 Å². The lowest BCUT2D eigenvalue weighted by atomic mass is 9.97. The first-order valence-electron chi connectivity index (χ1n) is 10.4. The molecule has 1 heterocycles. The Bertz CT molecular complexity index is 1020. The molecule has 0 bridgehead atoms. The predicted molar refractivity (Wildman–Crippen MR) is 119 cm³/mol. The number of carbonyl (C=O) groups excluding carboxylic acids is 1. The Kier molecular flexibility index (Phi) is 7.23. The fraction of sp³-hybridized carbons (Fsp3) is 0.435. The first-order chi connectivity index (χ1) is 14.8. The summed E-state index contributed by atoms with van der Waals surface area (Å²) < 4.78 is 38.2. The van der Waals surface area contributed by atoms with Crippen LogP contribution in [-0.4, -0.2) is 45.9 Å². The topological polar surface area (TPSA) is 84.9 Å². The van der Waals surface area contributed by atoms with Crippen molar-refractivity contribution >= 4 is 15.9 Å². The molecular weight excluding hydrogens is 416 g/mol. The number of hydrogen-bond acceptors (Lipinski definition) is 5. The van der Waals surface area contributed by atoms with Crippen molar-refractivity contribution in [3.05, 3.63) is 53.6 Å². The van der Waals surface area contributed by atoms with Crippen LogP contribution in [0.1, 0.15) is 36.9 Å². The standard InChI is InChI=1S/C23H30N2O5S/c1-16-7-10-20(11-8-16)31(27,28)25-13-5-6-18(15-25)23(26)24-17(2)21-14-19(29-3)9-12-22(21)30-4/h7-12,14,17-18H,5-6,13,15H2,1-4H3,(H,24,26)/t17-,18-/m0/s1. The van der Waals surface area contributed by atoms with E-state index < -0.39 is 15.9 Å². The van der Waals surface area contributed by atoms with Gasteiger partial charge in [0.2, 0.25) is 15.9 Å². The molecule has 0 radical (unpaired) electrons. The number of methoxy groups -OCH3 is 2. The van der Waals surface area contributed by atoms with E-state index in [1.807, 2.05) is 19.9 Å². The highest BCUT2D eigenvalue weighted by molar-refractivity contribution is 7.89. The minimum absolute atomic E-state index is 0.166. The van der Waals surface area contributed by atoms with Crippen LogP contribution in [0.4, 0.5) is 0 Å². The lowest BCUT2D eigenvalue weighted by Crippen LogP contribution is -2.45. The van der Waals surface area contributed by atoms with Crippen molar-refractivity contribution in [1.82, 2.24) is 9.62 Å². The maximum absolute atomic E-state index is 13.0. The van der Waals surface area contributed by atoms with Crippen LogP contribution in [0.15, 0.2) is 47.4 Å². The summed E-state index contributed by atoms with van der Waals surface area (Å²) in [4.78, 5) is 13.2. The summed E-state index contributed by atoms with van der Waals surface area (Å²) in [5.74, 6) is 0.750. The minimum atomic E-state index is -3.63. The van der Waals surface area contributed by atoms with Gasteiger partial charge >= 0.3 is 0 Å². The quantitative estimate of drug-likeness (QED) is 0.706. The molecule has 1 amide bonds. The van der Waals surface area contributed by atoms with Crippen molar-refractivity contribution < 1.29 is 22.7 Å². The van der Waals surface area contributed by atoms with Crippen molar-refractivity contribution in [2.75, 3.05) is 27.3 Å². The second kappa shape index (κ2) is 9.70. The summed E-state index contributed by atoms with van der Waals surface area (Å²) in [5, 5.41) is 3.02. The summed E-state index contributed by atoms with van der Waals surface area (Å²) in [6.07, 6.45) is 1.29. The molecular formula is C23H30N2O5S. The molecule has 0 aliphatic carbocycles. The molecule has 1 N–H and O–H groups in total. The normalized spacial score (nSPS) is 18.3. The molecule has 1 aliphatic rings. The number of sulfonamides is 1. The summed E-state index contributed by atoms with van der Waals surface area (Å²) in [6, 6.07) is 11.9. The number of nitrogens with zero attached hydrogens (tertiary/aromatic N) is 1. The van der Waals surface area contributed by atoms with Gasteiger partial charge < -0.3 is 14.8 Å². The van der Waals surface area contributed by atoms with Crippen molar-refractivity contribution in [1.29, 1.82) is 0 Å². The highest BCUT2D eigenvalue weighted by atomic mass is 32.2. The van der Waals surface area contributed by atoms with Gasteiger partial charge in [-0.25, -0.2) is 8.42 Å². The van der Waals surface area contributed by atoms with Gasteiger partial charge in [-0.3, -0.25) is 4.79 Å². The highest BCUT2D eigenvalue weighted by Crippen LogP contribution is 2.30. The maximum atomic E-state index is 13.0. The average Bonchev–Trinajstić information content (AvgIpc) is 2.78. The molecule has 7 nitrogen and oxygen atoms in total. The lowest BCUT2D eigenvalue weighted by Gasteiger charge is -2.32. The molecule has 2 atom stereocenters. The minimum Gasteiger partial charge on any atom is -0.497 e. The van der Waals surface area contributed by atoms with Gasteiger partial charge in [-0.15, -0.1) is 0 Å². The maximum Gasteiger partial charge on any atom is 0.243 e. The molecule has 8 heteroatoms. The largest absolute Gasteiger partial charge is 0.497 e. The smallest absolute Gasteiger partial charge is 0.243 e. The van der Waals surface area contributed by atoms with Gasteiger partial charge in [0.25, 0.3) is 0 Å². The second-order valence-corrected chi connectivity index (χ2v) is 9.79. The Morgan fingerprint density at radius 1 is 1.13 bits per heavy atom. The van der Waals surface area contributed by atoms with Crippen molar-refractivity contribution in [3.8, 4) is 11.5 Å². The summed E-state index contributed by atoms with van der Waals surface area (Å²) in [5.41, 5.74) is 1.80. The molecule has 168 valence electrons. The molecule has 1 saturated heterocycles. The number of nitrogens with one attached hydrogen (secondary N) is 1. The fourth-order valence-corrected chi connectivity index (χ4v) is 5.34. The molecule has 0 spiro atoms. The van der Waals surface area contributed by atoms with Crippen molar-refractivity contribution in [2.45, 2.75) is 37.6 Å².